The average Bonchev–Trinajstić information content (AvgIpc) is 3.46. The number of thiazole rings is 1. The van der Waals surface area contributed by atoms with Crippen LogP contribution >= 0.6 is 11.3 Å². The molecule has 1 aromatic heterocycles. The molecule has 0 aliphatic carbocycles. The molecule has 2 aliphatic rings. The van der Waals surface area contributed by atoms with E-state index in [2.05, 4.69) is 37.0 Å². The molecule has 0 bridgehead atoms. The van der Waals surface area contributed by atoms with Crippen LogP contribution in [0.2, 0.25) is 0 Å². The number of fused-ring (bicyclic) bond motifs is 1. The molecule has 2 aliphatic heterocycles. The predicted octanol–water partition coefficient (Wildman–Crippen LogP) is 5.75. The maximum Gasteiger partial charge on any atom is 0.274 e. The van der Waals surface area contributed by atoms with Crippen molar-refractivity contribution in [2.75, 3.05) is 6.54 Å². The Bertz CT molecular complexity index is 1160. The number of carbonyl (C=O) groups excluding carboxylic acids is 1. The Morgan fingerprint density at radius 1 is 1.10 bits per heavy atom. The Kier molecular flexibility index (Phi) is 4.58. The first kappa shape index (κ1) is 19.2. The first-order valence-electron chi connectivity index (χ1n) is 10.5. The third-order valence-corrected chi connectivity index (χ3v) is 7.49. The smallest absolute Gasteiger partial charge is 0.274 e. The van der Waals surface area contributed by atoms with Gasteiger partial charge in [0.05, 0.1) is 21.1 Å². The summed E-state index contributed by atoms with van der Waals surface area (Å²) in [5, 5.41) is 0.916. The van der Waals surface area contributed by atoms with E-state index in [4.69, 9.17) is 4.99 Å². The molecule has 1 amide bonds. The second-order valence-corrected chi connectivity index (χ2v) is 9.62. The minimum absolute atomic E-state index is 0.0218. The van der Waals surface area contributed by atoms with Gasteiger partial charge < -0.3 is 4.90 Å². The van der Waals surface area contributed by atoms with Gasteiger partial charge in [0.2, 0.25) is 0 Å². The Hall–Kier alpha value is -2.79. The Labute approximate surface area is 181 Å². The summed E-state index contributed by atoms with van der Waals surface area (Å²) in [4.78, 5) is 26.4. The van der Waals surface area contributed by atoms with Gasteiger partial charge in [-0.1, -0.05) is 42.5 Å². The molecule has 0 radical (unpaired) electrons. The second kappa shape index (κ2) is 7.17. The summed E-state index contributed by atoms with van der Waals surface area (Å²) in [7, 11) is 0. The van der Waals surface area contributed by atoms with E-state index in [1.54, 1.807) is 11.3 Å². The molecule has 0 N–H and O–H groups in total. The third kappa shape index (κ3) is 3.00. The number of likely N-dealkylation sites (tertiary alicyclic amines) is 1. The predicted molar refractivity (Wildman–Crippen MR) is 123 cm³/mol. The van der Waals surface area contributed by atoms with Gasteiger partial charge in [-0.25, -0.2) is 4.98 Å². The minimum atomic E-state index is -0.367. The highest BCUT2D eigenvalue weighted by Gasteiger charge is 2.46. The first-order valence-corrected chi connectivity index (χ1v) is 11.3. The molecule has 5 heteroatoms. The Morgan fingerprint density at radius 2 is 1.90 bits per heavy atom. The first-order chi connectivity index (χ1) is 14.5. The Morgan fingerprint density at radius 3 is 2.67 bits per heavy atom. The SMILES string of the molecule is Cc1nc(C(=O)N2CCC[C@@]2(C)C2=Nc3cccc(C)c3C2)c(-c2ccccc2)s1. The van der Waals surface area contributed by atoms with E-state index in [9.17, 15) is 4.79 Å². The molecular formula is C25H25N3OS. The van der Waals surface area contributed by atoms with E-state index in [-0.39, 0.29) is 11.4 Å². The van der Waals surface area contributed by atoms with Gasteiger partial charge in [-0.05, 0) is 56.4 Å². The van der Waals surface area contributed by atoms with Crippen molar-refractivity contribution < 1.29 is 4.79 Å². The molecule has 1 fully saturated rings. The number of rotatable bonds is 3. The average molecular weight is 416 g/mol. The van der Waals surface area contributed by atoms with Crippen molar-refractivity contribution in [1.29, 1.82) is 0 Å². The molecule has 0 unspecified atom stereocenters. The van der Waals surface area contributed by atoms with E-state index < -0.39 is 0 Å². The molecule has 5 rings (SSSR count). The van der Waals surface area contributed by atoms with Crippen molar-refractivity contribution in [2.45, 2.75) is 45.6 Å². The van der Waals surface area contributed by atoms with Crippen LogP contribution in [-0.4, -0.2) is 33.6 Å². The number of nitrogens with zero attached hydrogens (tertiary/aromatic N) is 3. The largest absolute Gasteiger partial charge is 0.327 e. The summed E-state index contributed by atoms with van der Waals surface area (Å²) >= 11 is 1.59. The molecule has 1 saturated heterocycles. The molecule has 3 aromatic rings. The summed E-state index contributed by atoms with van der Waals surface area (Å²) < 4.78 is 0. The fourth-order valence-electron chi connectivity index (χ4n) is 4.76. The van der Waals surface area contributed by atoms with Crippen LogP contribution in [0.25, 0.3) is 10.4 Å². The quantitative estimate of drug-likeness (QED) is 0.547. The van der Waals surface area contributed by atoms with Crippen molar-refractivity contribution in [2.24, 2.45) is 4.99 Å². The highest BCUT2D eigenvalue weighted by molar-refractivity contribution is 7.15. The highest BCUT2D eigenvalue weighted by Crippen LogP contribution is 2.40. The van der Waals surface area contributed by atoms with Crippen LogP contribution in [0.5, 0.6) is 0 Å². The number of amides is 1. The summed E-state index contributed by atoms with van der Waals surface area (Å²) in [6.07, 6.45) is 2.75. The third-order valence-electron chi connectivity index (χ3n) is 6.47. The molecule has 0 spiro atoms. The van der Waals surface area contributed by atoms with E-state index in [0.717, 1.165) is 52.7 Å². The van der Waals surface area contributed by atoms with Crippen LogP contribution in [0.3, 0.4) is 0 Å². The number of aromatic nitrogens is 1. The molecule has 30 heavy (non-hydrogen) atoms. The molecular weight excluding hydrogens is 390 g/mol. The van der Waals surface area contributed by atoms with Gasteiger partial charge in [0.1, 0.15) is 5.69 Å². The topological polar surface area (TPSA) is 45.6 Å². The van der Waals surface area contributed by atoms with Crippen molar-refractivity contribution >= 4 is 28.6 Å². The van der Waals surface area contributed by atoms with Crippen molar-refractivity contribution in [3.63, 3.8) is 0 Å². The van der Waals surface area contributed by atoms with Crippen LogP contribution in [-0.2, 0) is 6.42 Å². The number of aliphatic imine (C=N–C) groups is 1. The van der Waals surface area contributed by atoms with Gasteiger partial charge in [0.15, 0.2) is 0 Å². The zero-order chi connectivity index (χ0) is 20.9. The monoisotopic (exact) mass is 415 g/mol. The summed E-state index contributed by atoms with van der Waals surface area (Å²) in [6.45, 7) is 7.03. The lowest BCUT2D eigenvalue weighted by atomic mass is 9.88. The number of hydrogen-bond donors (Lipinski definition) is 0. The minimum Gasteiger partial charge on any atom is -0.327 e. The van der Waals surface area contributed by atoms with Crippen LogP contribution in [0.4, 0.5) is 5.69 Å². The zero-order valence-corrected chi connectivity index (χ0v) is 18.4. The zero-order valence-electron chi connectivity index (χ0n) is 17.6. The highest BCUT2D eigenvalue weighted by atomic mass is 32.1. The lowest BCUT2D eigenvalue weighted by Gasteiger charge is -2.35. The maximum atomic E-state index is 13.8. The van der Waals surface area contributed by atoms with Gasteiger partial charge in [-0.15, -0.1) is 11.3 Å². The summed E-state index contributed by atoms with van der Waals surface area (Å²) in [6, 6.07) is 16.4. The normalized spacial score (nSPS) is 20.4. The van der Waals surface area contributed by atoms with Crippen molar-refractivity contribution in [3.8, 4) is 10.4 Å². The van der Waals surface area contributed by atoms with Crippen molar-refractivity contribution in [1.82, 2.24) is 9.88 Å². The Balaban J connectivity index is 1.51. The number of carbonyl (C=O) groups is 1. The van der Waals surface area contributed by atoms with E-state index in [1.807, 2.05) is 42.2 Å². The molecule has 3 heterocycles. The fourth-order valence-corrected chi connectivity index (χ4v) is 5.67. The van der Waals surface area contributed by atoms with E-state index in [1.165, 1.54) is 11.1 Å². The second-order valence-electron chi connectivity index (χ2n) is 8.42. The number of aryl methyl sites for hydroxylation is 2. The van der Waals surface area contributed by atoms with Crippen LogP contribution in [0.15, 0.2) is 53.5 Å². The van der Waals surface area contributed by atoms with Crippen LogP contribution in [0.1, 0.15) is 46.4 Å². The van der Waals surface area contributed by atoms with Gasteiger partial charge in [0, 0.05) is 18.7 Å². The molecule has 2 aromatic carbocycles. The van der Waals surface area contributed by atoms with Gasteiger partial charge in [-0.3, -0.25) is 9.79 Å². The number of benzene rings is 2. The van der Waals surface area contributed by atoms with E-state index in [0.29, 0.717) is 5.69 Å². The van der Waals surface area contributed by atoms with Crippen molar-refractivity contribution in [3.05, 3.63) is 70.4 Å². The van der Waals surface area contributed by atoms with Gasteiger partial charge in [-0.2, -0.15) is 0 Å². The van der Waals surface area contributed by atoms with Gasteiger partial charge in [0.25, 0.3) is 5.91 Å². The van der Waals surface area contributed by atoms with Crippen LogP contribution < -0.4 is 0 Å². The molecule has 0 saturated carbocycles. The standard InChI is InChI=1S/C25H25N3OS/c1-16-9-7-12-20-19(16)15-21(27-20)25(3)13-8-14-28(25)24(29)22-23(30-17(2)26-22)18-10-5-4-6-11-18/h4-7,9-12H,8,13-15H2,1-3H3/t25-/m0/s1. The van der Waals surface area contributed by atoms with Crippen LogP contribution in [0, 0.1) is 13.8 Å². The molecule has 4 nitrogen and oxygen atoms in total. The van der Waals surface area contributed by atoms with Gasteiger partial charge >= 0.3 is 0 Å². The molecule has 152 valence electrons. The fraction of sp³-hybridized carbons (Fsp3) is 0.320. The number of hydrogen-bond acceptors (Lipinski definition) is 4. The summed E-state index contributed by atoms with van der Waals surface area (Å²) in [5.41, 5.74) is 5.98. The molecule has 1 atom stereocenters. The lowest BCUT2D eigenvalue weighted by Crippen LogP contribution is -2.51. The maximum absolute atomic E-state index is 13.8. The summed E-state index contributed by atoms with van der Waals surface area (Å²) in [5.74, 6) is 0.0218. The van der Waals surface area contributed by atoms with E-state index >= 15 is 0 Å². The lowest BCUT2D eigenvalue weighted by molar-refractivity contribution is 0.0698.